The average Bonchev–Trinajstić information content (AvgIpc) is 2.63. The number of aromatic carboxylic acids is 1. The van der Waals surface area contributed by atoms with Crippen molar-refractivity contribution in [1.29, 1.82) is 0 Å². The van der Waals surface area contributed by atoms with Gasteiger partial charge in [-0.25, -0.2) is 4.79 Å². The summed E-state index contributed by atoms with van der Waals surface area (Å²) in [5.41, 5.74) is 0.151. The first-order valence-corrected chi connectivity index (χ1v) is 4.89. The smallest absolute Gasteiger partial charge is 0.337 e. The molecule has 15 heavy (non-hydrogen) atoms. The molecular weight excluding hydrogens is 194 g/mol. The molecule has 1 rings (SSSR count). The molecule has 0 saturated heterocycles. The first-order chi connectivity index (χ1) is 6.94. The minimum Gasteiger partial charge on any atom is -0.478 e. The highest BCUT2D eigenvalue weighted by molar-refractivity contribution is 5.87. The first-order valence-electron chi connectivity index (χ1n) is 4.89. The number of hydrogen-bond acceptors (Lipinski definition) is 2. The summed E-state index contributed by atoms with van der Waals surface area (Å²) in [5.74, 6) is -0.889. The van der Waals surface area contributed by atoms with Crippen LogP contribution in [-0.2, 0) is 11.3 Å². The van der Waals surface area contributed by atoms with Crippen molar-refractivity contribution in [2.45, 2.75) is 32.4 Å². The van der Waals surface area contributed by atoms with E-state index < -0.39 is 5.97 Å². The number of aromatic nitrogens is 1. The van der Waals surface area contributed by atoms with Gasteiger partial charge in [-0.05, 0) is 26.3 Å². The SMILES string of the molecule is COC(C)(C)CCn1ccc(C(=O)O)c1. The normalized spacial score (nSPS) is 11.7. The van der Waals surface area contributed by atoms with E-state index in [-0.39, 0.29) is 5.60 Å². The van der Waals surface area contributed by atoms with E-state index in [1.54, 1.807) is 25.6 Å². The van der Waals surface area contributed by atoms with Crippen LogP contribution in [0.2, 0.25) is 0 Å². The molecule has 1 aromatic heterocycles. The van der Waals surface area contributed by atoms with Gasteiger partial charge in [0.25, 0.3) is 0 Å². The first kappa shape index (κ1) is 11.8. The number of carbonyl (C=O) groups is 1. The Morgan fingerprint density at radius 1 is 1.60 bits per heavy atom. The summed E-state index contributed by atoms with van der Waals surface area (Å²) < 4.78 is 7.15. The van der Waals surface area contributed by atoms with E-state index in [1.807, 2.05) is 18.4 Å². The van der Waals surface area contributed by atoms with Gasteiger partial charge in [0.1, 0.15) is 0 Å². The van der Waals surface area contributed by atoms with Crippen molar-refractivity contribution in [3.63, 3.8) is 0 Å². The third-order valence-electron chi connectivity index (χ3n) is 2.52. The Morgan fingerprint density at radius 3 is 2.73 bits per heavy atom. The predicted octanol–water partition coefficient (Wildman–Crippen LogP) is 2.00. The average molecular weight is 211 g/mol. The van der Waals surface area contributed by atoms with E-state index >= 15 is 0 Å². The van der Waals surface area contributed by atoms with Gasteiger partial charge in [0.05, 0.1) is 11.2 Å². The number of nitrogens with zero attached hydrogens (tertiary/aromatic N) is 1. The van der Waals surface area contributed by atoms with Crippen LogP contribution >= 0.6 is 0 Å². The summed E-state index contributed by atoms with van der Waals surface area (Å²) in [7, 11) is 1.68. The van der Waals surface area contributed by atoms with Gasteiger partial charge in [-0.2, -0.15) is 0 Å². The van der Waals surface area contributed by atoms with Crippen molar-refractivity contribution in [2.75, 3.05) is 7.11 Å². The Morgan fingerprint density at radius 2 is 2.27 bits per heavy atom. The van der Waals surface area contributed by atoms with Crippen LogP contribution in [0.4, 0.5) is 0 Å². The van der Waals surface area contributed by atoms with E-state index in [1.165, 1.54) is 0 Å². The lowest BCUT2D eigenvalue weighted by molar-refractivity contribution is 0.0121. The van der Waals surface area contributed by atoms with Crippen LogP contribution in [0.5, 0.6) is 0 Å². The van der Waals surface area contributed by atoms with Crippen LogP contribution in [0, 0.1) is 0 Å². The third kappa shape index (κ3) is 3.40. The molecule has 0 bridgehead atoms. The molecule has 1 heterocycles. The molecule has 4 nitrogen and oxygen atoms in total. The summed E-state index contributed by atoms with van der Waals surface area (Å²) in [6, 6.07) is 1.60. The molecule has 0 aromatic carbocycles. The predicted molar refractivity (Wildman–Crippen MR) is 57.1 cm³/mol. The topological polar surface area (TPSA) is 51.5 Å². The van der Waals surface area contributed by atoms with Gasteiger partial charge in [0, 0.05) is 26.0 Å². The van der Waals surface area contributed by atoms with Gasteiger partial charge in [-0.15, -0.1) is 0 Å². The Bertz CT molecular complexity index is 341. The third-order valence-corrected chi connectivity index (χ3v) is 2.52. The van der Waals surface area contributed by atoms with Crippen LogP contribution < -0.4 is 0 Å². The molecular formula is C11H17NO3. The second-order valence-electron chi connectivity index (χ2n) is 4.16. The molecule has 0 saturated carbocycles. The molecule has 0 spiro atoms. The number of hydrogen-bond donors (Lipinski definition) is 1. The molecule has 4 heteroatoms. The minimum atomic E-state index is -0.889. The van der Waals surface area contributed by atoms with Crippen molar-refractivity contribution in [3.8, 4) is 0 Å². The summed E-state index contributed by atoms with van der Waals surface area (Å²) in [6.07, 6.45) is 4.25. The zero-order valence-corrected chi connectivity index (χ0v) is 9.36. The molecule has 0 atom stereocenters. The summed E-state index contributed by atoms with van der Waals surface area (Å²) in [5, 5.41) is 8.73. The Labute approximate surface area is 89.5 Å². The lowest BCUT2D eigenvalue weighted by Gasteiger charge is -2.22. The maximum absolute atomic E-state index is 10.6. The second-order valence-corrected chi connectivity index (χ2v) is 4.16. The summed E-state index contributed by atoms with van der Waals surface area (Å²) in [6.45, 7) is 4.78. The molecule has 0 fully saturated rings. The van der Waals surface area contributed by atoms with Crippen molar-refractivity contribution in [2.24, 2.45) is 0 Å². The van der Waals surface area contributed by atoms with Gasteiger partial charge >= 0.3 is 5.97 Å². The van der Waals surface area contributed by atoms with Gasteiger partial charge in [0.15, 0.2) is 0 Å². The zero-order valence-electron chi connectivity index (χ0n) is 9.36. The van der Waals surface area contributed by atoms with Crippen LogP contribution in [0.3, 0.4) is 0 Å². The fourth-order valence-corrected chi connectivity index (χ4v) is 1.21. The van der Waals surface area contributed by atoms with Crippen molar-refractivity contribution in [1.82, 2.24) is 4.57 Å². The molecule has 0 amide bonds. The highest BCUT2D eigenvalue weighted by Gasteiger charge is 2.16. The number of aryl methyl sites for hydroxylation is 1. The standard InChI is InChI=1S/C11H17NO3/c1-11(2,15-3)5-7-12-6-4-9(8-12)10(13)14/h4,6,8H,5,7H2,1-3H3,(H,13,14). The van der Waals surface area contributed by atoms with Crippen molar-refractivity contribution >= 4 is 5.97 Å². The number of carboxylic acid groups (broad SMARTS) is 1. The van der Waals surface area contributed by atoms with Crippen LogP contribution in [0.15, 0.2) is 18.5 Å². The number of methoxy groups -OCH3 is 1. The Hall–Kier alpha value is -1.29. The molecule has 0 aliphatic rings. The van der Waals surface area contributed by atoms with Gasteiger partial charge in [-0.1, -0.05) is 0 Å². The van der Waals surface area contributed by atoms with E-state index in [9.17, 15) is 4.79 Å². The van der Waals surface area contributed by atoms with Crippen molar-refractivity contribution in [3.05, 3.63) is 24.0 Å². The maximum Gasteiger partial charge on any atom is 0.337 e. The number of rotatable bonds is 5. The Kier molecular flexibility index (Phi) is 3.52. The zero-order chi connectivity index (χ0) is 11.5. The maximum atomic E-state index is 10.6. The highest BCUT2D eigenvalue weighted by Crippen LogP contribution is 2.14. The van der Waals surface area contributed by atoms with E-state index in [0.717, 1.165) is 13.0 Å². The molecule has 84 valence electrons. The molecule has 1 aromatic rings. The fourth-order valence-electron chi connectivity index (χ4n) is 1.21. The molecule has 0 radical (unpaired) electrons. The number of ether oxygens (including phenoxy) is 1. The Balaban J connectivity index is 2.55. The monoisotopic (exact) mass is 211 g/mol. The quantitative estimate of drug-likeness (QED) is 0.810. The van der Waals surface area contributed by atoms with E-state index in [2.05, 4.69) is 0 Å². The summed E-state index contributed by atoms with van der Waals surface area (Å²) >= 11 is 0. The minimum absolute atomic E-state index is 0.173. The van der Waals surface area contributed by atoms with Gasteiger partial charge < -0.3 is 14.4 Å². The summed E-state index contributed by atoms with van der Waals surface area (Å²) in [4.78, 5) is 10.6. The second kappa shape index (κ2) is 4.49. The van der Waals surface area contributed by atoms with E-state index in [4.69, 9.17) is 9.84 Å². The van der Waals surface area contributed by atoms with Crippen molar-refractivity contribution < 1.29 is 14.6 Å². The molecule has 0 unspecified atom stereocenters. The van der Waals surface area contributed by atoms with Crippen LogP contribution in [-0.4, -0.2) is 28.4 Å². The highest BCUT2D eigenvalue weighted by atomic mass is 16.5. The molecule has 0 aliphatic carbocycles. The van der Waals surface area contributed by atoms with Gasteiger partial charge in [0.2, 0.25) is 0 Å². The molecule has 0 aliphatic heterocycles. The lowest BCUT2D eigenvalue weighted by atomic mass is 10.1. The number of carboxylic acids is 1. The molecule has 1 N–H and O–H groups in total. The van der Waals surface area contributed by atoms with E-state index in [0.29, 0.717) is 5.56 Å². The van der Waals surface area contributed by atoms with Crippen LogP contribution in [0.25, 0.3) is 0 Å². The largest absolute Gasteiger partial charge is 0.478 e. The lowest BCUT2D eigenvalue weighted by Crippen LogP contribution is -2.24. The van der Waals surface area contributed by atoms with Gasteiger partial charge in [-0.3, -0.25) is 0 Å². The fraction of sp³-hybridized carbons (Fsp3) is 0.545. The van der Waals surface area contributed by atoms with Crippen LogP contribution in [0.1, 0.15) is 30.6 Å².